The van der Waals surface area contributed by atoms with Crippen molar-refractivity contribution in [2.45, 2.75) is 24.8 Å². The molecule has 0 rings (SSSR count). The van der Waals surface area contributed by atoms with Gasteiger partial charge in [0.15, 0.2) is 0 Å². The lowest BCUT2D eigenvalue weighted by atomic mass is 10.3. The molecule has 0 aromatic rings. The molecule has 0 heterocycles. The van der Waals surface area contributed by atoms with Gasteiger partial charge >= 0.3 is 5.97 Å². The Labute approximate surface area is 78.2 Å². The highest BCUT2D eigenvalue weighted by molar-refractivity contribution is 9.10. The number of rotatable bonds is 3. The number of carbonyl (C=O) groups is 2. The Morgan fingerprint density at radius 2 is 2.00 bits per heavy atom. The average molecular weight is 243 g/mol. The van der Waals surface area contributed by atoms with Crippen molar-refractivity contribution in [1.29, 1.82) is 0 Å². The van der Waals surface area contributed by atoms with Crippen molar-refractivity contribution in [3.8, 4) is 0 Å². The van der Waals surface area contributed by atoms with Crippen molar-refractivity contribution in [2.24, 2.45) is 0 Å². The highest BCUT2D eigenvalue weighted by Crippen LogP contribution is 2.12. The maximum Gasteiger partial charge on any atom is 0.302 e. The van der Waals surface area contributed by atoms with Crippen molar-refractivity contribution < 1.29 is 14.3 Å². The van der Waals surface area contributed by atoms with Gasteiger partial charge < -0.3 is 4.74 Å². The highest BCUT2D eigenvalue weighted by Gasteiger charge is 2.22. The minimum atomic E-state index is -0.631. The molecule has 0 spiro atoms. The molecule has 2 atom stereocenters. The first-order valence-electron chi connectivity index (χ1n) is 2.95. The molecule has 0 saturated carbocycles. The minimum absolute atomic E-state index is 0.431. The van der Waals surface area contributed by atoms with Gasteiger partial charge in [-0.3, -0.25) is 9.59 Å². The van der Waals surface area contributed by atoms with Gasteiger partial charge in [-0.25, -0.2) is 0 Å². The molecule has 0 aromatic heterocycles. The number of hydrogen-bond acceptors (Lipinski definition) is 3. The zero-order chi connectivity index (χ0) is 9.02. The van der Waals surface area contributed by atoms with E-state index in [1.165, 1.54) is 6.92 Å². The van der Waals surface area contributed by atoms with Gasteiger partial charge in [-0.1, -0.05) is 15.9 Å². The van der Waals surface area contributed by atoms with Crippen LogP contribution >= 0.6 is 27.5 Å². The summed E-state index contributed by atoms with van der Waals surface area (Å²) in [5.41, 5.74) is 0. The van der Waals surface area contributed by atoms with E-state index < -0.39 is 22.1 Å². The molecule has 0 aromatic carbocycles. The lowest BCUT2D eigenvalue weighted by molar-refractivity contribution is -0.145. The molecule has 64 valence electrons. The van der Waals surface area contributed by atoms with Crippen LogP contribution in [0.25, 0.3) is 0 Å². The van der Waals surface area contributed by atoms with E-state index in [2.05, 4.69) is 20.7 Å². The Kier molecular flexibility index (Phi) is 4.68. The van der Waals surface area contributed by atoms with Crippen molar-refractivity contribution >= 4 is 38.7 Å². The molecule has 3 nitrogen and oxygen atoms in total. The van der Waals surface area contributed by atoms with Gasteiger partial charge in [0.25, 0.3) is 0 Å². The number of hydrogen-bond donors (Lipinski definition) is 0. The molecule has 5 heteroatoms. The summed E-state index contributed by atoms with van der Waals surface area (Å²) in [6.07, 6.45) is -0.530. The third-order valence-electron chi connectivity index (χ3n) is 0.981. The van der Waals surface area contributed by atoms with Crippen molar-refractivity contribution in [1.82, 2.24) is 0 Å². The van der Waals surface area contributed by atoms with Crippen LogP contribution in [0.1, 0.15) is 13.8 Å². The van der Waals surface area contributed by atoms with Gasteiger partial charge in [0.05, 0.1) is 0 Å². The Morgan fingerprint density at radius 3 is 2.27 bits per heavy atom. The normalized spacial score (nSPS) is 15.3. The molecule has 0 aliphatic rings. The zero-order valence-corrected chi connectivity index (χ0v) is 8.48. The van der Waals surface area contributed by atoms with Gasteiger partial charge in [-0.05, 0) is 18.5 Å². The number of carbonyl (C=O) groups excluding carboxylic acids is 2. The van der Waals surface area contributed by atoms with Crippen LogP contribution in [0.4, 0.5) is 0 Å². The molecule has 0 aliphatic heterocycles. The molecule has 0 unspecified atom stereocenters. The number of ether oxygens (including phenoxy) is 1. The van der Waals surface area contributed by atoms with Crippen LogP contribution in [-0.2, 0) is 14.3 Å². The Bertz CT molecular complexity index is 171. The molecule has 11 heavy (non-hydrogen) atoms. The van der Waals surface area contributed by atoms with Crippen LogP contribution < -0.4 is 0 Å². The summed E-state index contributed by atoms with van der Waals surface area (Å²) < 4.78 is 4.68. The summed E-state index contributed by atoms with van der Waals surface area (Å²) in [7, 11) is 0. The lowest BCUT2D eigenvalue weighted by Gasteiger charge is -2.13. The molecular weight excluding hydrogens is 235 g/mol. The average Bonchev–Trinajstić information content (AvgIpc) is 1.84. The van der Waals surface area contributed by atoms with Crippen LogP contribution in [-0.4, -0.2) is 22.1 Å². The van der Waals surface area contributed by atoms with Crippen LogP contribution in [0.5, 0.6) is 0 Å². The predicted octanol–water partition coefficient (Wildman–Crippen LogP) is 1.47. The van der Waals surface area contributed by atoms with E-state index >= 15 is 0 Å². The van der Waals surface area contributed by atoms with Crippen LogP contribution in [0.3, 0.4) is 0 Å². The first-order chi connectivity index (χ1) is 4.95. The summed E-state index contributed by atoms with van der Waals surface area (Å²) in [5, 5.41) is -0.571. The van der Waals surface area contributed by atoms with Crippen LogP contribution in [0.15, 0.2) is 0 Å². The fourth-order valence-corrected chi connectivity index (χ4v) is 0.791. The van der Waals surface area contributed by atoms with E-state index in [1.807, 2.05) is 0 Å². The third-order valence-corrected chi connectivity index (χ3v) is 2.64. The maximum atomic E-state index is 10.5. The van der Waals surface area contributed by atoms with Gasteiger partial charge in [-0.2, -0.15) is 0 Å². The Morgan fingerprint density at radius 1 is 1.55 bits per heavy atom. The third kappa shape index (κ3) is 4.37. The second-order valence-electron chi connectivity index (χ2n) is 2.02. The van der Waals surface area contributed by atoms with E-state index in [0.29, 0.717) is 0 Å². The SMILES string of the molecule is CC(=O)O[C@H](C)[C@@H](Br)C(=O)Cl. The van der Waals surface area contributed by atoms with Gasteiger partial charge in [0.1, 0.15) is 10.9 Å². The van der Waals surface area contributed by atoms with E-state index in [0.717, 1.165) is 0 Å². The lowest BCUT2D eigenvalue weighted by Crippen LogP contribution is -2.27. The fraction of sp³-hybridized carbons (Fsp3) is 0.667. The number of halogens is 2. The van der Waals surface area contributed by atoms with Gasteiger partial charge in [0, 0.05) is 6.92 Å². The fourth-order valence-electron chi connectivity index (χ4n) is 0.506. The van der Waals surface area contributed by atoms with E-state index in [4.69, 9.17) is 11.6 Å². The topological polar surface area (TPSA) is 43.4 Å². The first kappa shape index (κ1) is 10.9. The highest BCUT2D eigenvalue weighted by atomic mass is 79.9. The summed E-state index contributed by atoms with van der Waals surface area (Å²) in [6, 6.07) is 0. The maximum absolute atomic E-state index is 10.5. The molecule has 0 saturated heterocycles. The second kappa shape index (κ2) is 4.72. The molecule has 0 fully saturated rings. The number of esters is 1. The summed E-state index contributed by atoms with van der Waals surface area (Å²) in [4.78, 5) is 20.2. The van der Waals surface area contributed by atoms with Gasteiger partial charge in [-0.15, -0.1) is 0 Å². The second-order valence-corrected chi connectivity index (χ2v) is 3.38. The molecule has 0 N–H and O–H groups in total. The van der Waals surface area contributed by atoms with E-state index in [9.17, 15) is 9.59 Å². The zero-order valence-electron chi connectivity index (χ0n) is 6.14. The van der Waals surface area contributed by atoms with Crippen molar-refractivity contribution in [3.63, 3.8) is 0 Å². The standard InChI is InChI=1S/C6H8BrClO3/c1-3(11-4(2)9)5(7)6(8)10/h3,5H,1-2H3/t3-,5-/m1/s1. The summed E-state index contributed by atoms with van der Waals surface area (Å²) in [5.74, 6) is -0.431. The summed E-state index contributed by atoms with van der Waals surface area (Å²) >= 11 is 8.11. The smallest absolute Gasteiger partial charge is 0.302 e. The quantitative estimate of drug-likeness (QED) is 0.428. The summed E-state index contributed by atoms with van der Waals surface area (Å²) in [6.45, 7) is 2.86. The Hall–Kier alpha value is -0.0900. The van der Waals surface area contributed by atoms with Crippen molar-refractivity contribution in [3.05, 3.63) is 0 Å². The first-order valence-corrected chi connectivity index (χ1v) is 4.25. The molecule has 0 amide bonds. The Balaban J connectivity index is 3.92. The molecule has 0 radical (unpaired) electrons. The minimum Gasteiger partial charge on any atom is -0.461 e. The molecule has 0 bridgehead atoms. The number of alkyl halides is 1. The molecule has 0 aliphatic carbocycles. The van der Waals surface area contributed by atoms with Crippen molar-refractivity contribution in [2.75, 3.05) is 0 Å². The van der Waals surface area contributed by atoms with E-state index in [-0.39, 0.29) is 0 Å². The monoisotopic (exact) mass is 242 g/mol. The van der Waals surface area contributed by atoms with Gasteiger partial charge in [0.2, 0.25) is 5.24 Å². The van der Waals surface area contributed by atoms with Crippen LogP contribution in [0, 0.1) is 0 Å². The van der Waals surface area contributed by atoms with E-state index in [1.54, 1.807) is 6.92 Å². The predicted molar refractivity (Wildman–Crippen MR) is 44.8 cm³/mol. The molecular formula is C6H8BrClO3. The largest absolute Gasteiger partial charge is 0.461 e. The van der Waals surface area contributed by atoms with Crippen LogP contribution in [0.2, 0.25) is 0 Å².